The standard InChI is InChI=1S/C27H27NO6S/c1-28(17-19-7-4-3-5-8-19)35(31,32)26-16-23(13-14-25(26)33-2)27(30)34-18-24(29)22-12-11-20-9-6-10-21(20)15-22/h3-5,7-8,11-16H,6,9-10,17-18H2,1-2H3. The van der Waals surface area contributed by atoms with E-state index in [0.717, 1.165) is 30.4 Å². The average molecular weight is 494 g/mol. The van der Waals surface area contributed by atoms with Crippen molar-refractivity contribution in [3.05, 3.63) is 94.5 Å². The molecule has 0 aliphatic heterocycles. The third kappa shape index (κ3) is 5.44. The van der Waals surface area contributed by atoms with E-state index in [9.17, 15) is 18.0 Å². The summed E-state index contributed by atoms with van der Waals surface area (Å²) in [4.78, 5) is 25.1. The van der Waals surface area contributed by atoms with Gasteiger partial charge in [0.1, 0.15) is 10.6 Å². The topological polar surface area (TPSA) is 90.0 Å². The largest absolute Gasteiger partial charge is 0.495 e. The highest BCUT2D eigenvalue weighted by atomic mass is 32.2. The number of rotatable bonds is 9. The van der Waals surface area contributed by atoms with E-state index in [-0.39, 0.29) is 28.5 Å². The molecule has 0 fully saturated rings. The minimum absolute atomic E-state index is 0.0132. The van der Waals surface area contributed by atoms with Gasteiger partial charge in [-0.1, -0.05) is 42.5 Å². The van der Waals surface area contributed by atoms with Gasteiger partial charge in [0.25, 0.3) is 0 Å². The van der Waals surface area contributed by atoms with Crippen LogP contribution in [0.2, 0.25) is 0 Å². The van der Waals surface area contributed by atoms with Gasteiger partial charge in [0.2, 0.25) is 10.0 Å². The highest BCUT2D eigenvalue weighted by molar-refractivity contribution is 7.89. The number of ketones is 1. The highest BCUT2D eigenvalue weighted by Gasteiger charge is 2.27. The van der Waals surface area contributed by atoms with Crippen molar-refractivity contribution in [2.45, 2.75) is 30.7 Å². The number of esters is 1. The van der Waals surface area contributed by atoms with Crippen molar-refractivity contribution in [1.82, 2.24) is 4.31 Å². The number of carbonyl (C=O) groups is 2. The quantitative estimate of drug-likeness (QED) is 0.330. The SMILES string of the molecule is COc1ccc(C(=O)OCC(=O)c2ccc3c(c2)CCC3)cc1S(=O)(=O)N(C)Cc1ccccc1. The van der Waals surface area contributed by atoms with Crippen molar-refractivity contribution in [1.29, 1.82) is 0 Å². The Morgan fingerprint density at radius 2 is 1.63 bits per heavy atom. The van der Waals surface area contributed by atoms with Gasteiger partial charge in [-0.05, 0) is 60.2 Å². The number of aryl methyl sites for hydroxylation is 2. The first-order valence-electron chi connectivity index (χ1n) is 11.3. The molecule has 7 nitrogen and oxygen atoms in total. The first kappa shape index (κ1) is 24.6. The summed E-state index contributed by atoms with van der Waals surface area (Å²) in [5, 5.41) is 0. The lowest BCUT2D eigenvalue weighted by Gasteiger charge is -2.19. The van der Waals surface area contributed by atoms with E-state index in [1.165, 1.54) is 42.2 Å². The Balaban J connectivity index is 1.49. The van der Waals surface area contributed by atoms with Crippen molar-refractivity contribution in [2.75, 3.05) is 20.8 Å². The molecule has 0 unspecified atom stereocenters. The molecule has 1 aliphatic carbocycles. The van der Waals surface area contributed by atoms with Crippen molar-refractivity contribution in [2.24, 2.45) is 0 Å². The van der Waals surface area contributed by atoms with Gasteiger partial charge in [0, 0.05) is 19.2 Å². The van der Waals surface area contributed by atoms with Gasteiger partial charge in [0.15, 0.2) is 12.4 Å². The molecule has 0 radical (unpaired) electrons. The first-order valence-corrected chi connectivity index (χ1v) is 12.7. The Labute approximate surface area is 205 Å². The van der Waals surface area contributed by atoms with E-state index in [1.807, 2.05) is 42.5 Å². The lowest BCUT2D eigenvalue weighted by molar-refractivity contribution is 0.0474. The summed E-state index contributed by atoms with van der Waals surface area (Å²) < 4.78 is 38.2. The second kappa shape index (κ2) is 10.4. The summed E-state index contributed by atoms with van der Waals surface area (Å²) in [5.74, 6) is -0.989. The fourth-order valence-corrected chi connectivity index (χ4v) is 5.48. The number of Topliss-reactive ketones (excluding diaryl/α,β-unsaturated/α-hetero) is 1. The summed E-state index contributed by atoms with van der Waals surface area (Å²) in [6, 6.07) is 18.8. The van der Waals surface area contributed by atoms with E-state index < -0.39 is 22.6 Å². The monoisotopic (exact) mass is 493 g/mol. The lowest BCUT2D eigenvalue weighted by Crippen LogP contribution is -2.27. The van der Waals surface area contributed by atoms with Crippen LogP contribution in [-0.4, -0.2) is 45.2 Å². The summed E-state index contributed by atoms with van der Waals surface area (Å²) in [6.45, 7) is -0.282. The molecule has 0 aromatic heterocycles. The van der Waals surface area contributed by atoms with Crippen LogP contribution in [0.5, 0.6) is 5.75 Å². The van der Waals surface area contributed by atoms with Crippen LogP contribution < -0.4 is 4.74 Å². The number of nitrogens with zero attached hydrogens (tertiary/aromatic N) is 1. The minimum atomic E-state index is -3.98. The molecule has 0 heterocycles. The molecule has 182 valence electrons. The number of carbonyl (C=O) groups excluding carboxylic acids is 2. The van der Waals surface area contributed by atoms with Crippen LogP contribution in [0.1, 0.15) is 43.8 Å². The predicted octanol–water partition coefficient (Wildman–Crippen LogP) is 4.04. The molecule has 0 bridgehead atoms. The minimum Gasteiger partial charge on any atom is -0.495 e. The van der Waals surface area contributed by atoms with Crippen LogP contribution in [-0.2, 0) is 34.1 Å². The predicted molar refractivity (Wildman–Crippen MR) is 131 cm³/mol. The van der Waals surface area contributed by atoms with Crippen LogP contribution in [0, 0.1) is 0 Å². The van der Waals surface area contributed by atoms with Crippen LogP contribution in [0.15, 0.2) is 71.6 Å². The van der Waals surface area contributed by atoms with Gasteiger partial charge in [-0.2, -0.15) is 4.31 Å². The molecular formula is C27H27NO6S. The third-order valence-corrected chi connectivity index (χ3v) is 7.92. The van der Waals surface area contributed by atoms with Crippen molar-refractivity contribution in [3.63, 3.8) is 0 Å². The molecule has 0 atom stereocenters. The molecular weight excluding hydrogens is 466 g/mol. The number of hydrogen-bond donors (Lipinski definition) is 0. The van der Waals surface area contributed by atoms with Gasteiger partial charge in [0.05, 0.1) is 12.7 Å². The number of fused-ring (bicyclic) bond motifs is 1. The van der Waals surface area contributed by atoms with E-state index in [1.54, 1.807) is 6.07 Å². The van der Waals surface area contributed by atoms with Crippen molar-refractivity contribution in [3.8, 4) is 5.75 Å². The van der Waals surface area contributed by atoms with E-state index in [0.29, 0.717) is 5.56 Å². The molecule has 1 aliphatic rings. The van der Waals surface area contributed by atoms with E-state index in [2.05, 4.69) is 0 Å². The summed E-state index contributed by atoms with van der Waals surface area (Å²) in [6.07, 6.45) is 3.03. The zero-order valence-electron chi connectivity index (χ0n) is 19.7. The molecule has 35 heavy (non-hydrogen) atoms. The van der Waals surface area contributed by atoms with E-state index >= 15 is 0 Å². The number of hydrogen-bond acceptors (Lipinski definition) is 6. The Morgan fingerprint density at radius 3 is 2.37 bits per heavy atom. The maximum atomic E-state index is 13.3. The molecule has 8 heteroatoms. The Morgan fingerprint density at radius 1 is 0.914 bits per heavy atom. The van der Waals surface area contributed by atoms with Gasteiger partial charge >= 0.3 is 5.97 Å². The molecule has 3 aromatic carbocycles. The second-order valence-electron chi connectivity index (χ2n) is 8.45. The van der Waals surface area contributed by atoms with Gasteiger partial charge in [-0.15, -0.1) is 0 Å². The molecule has 0 spiro atoms. The smallest absolute Gasteiger partial charge is 0.338 e. The average Bonchev–Trinajstić information content (AvgIpc) is 3.35. The van der Waals surface area contributed by atoms with Gasteiger partial charge in [-0.3, -0.25) is 4.79 Å². The van der Waals surface area contributed by atoms with Crippen molar-refractivity contribution >= 4 is 21.8 Å². The maximum absolute atomic E-state index is 13.3. The van der Waals surface area contributed by atoms with Crippen LogP contribution in [0.3, 0.4) is 0 Å². The normalized spacial score (nSPS) is 12.9. The molecule has 0 amide bonds. The summed E-state index contributed by atoms with van der Waals surface area (Å²) >= 11 is 0. The molecule has 3 aromatic rings. The van der Waals surface area contributed by atoms with E-state index in [4.69, 9.17) is 9.47 Å². The Hall–Kier alpha value is -3.49. The second-order valence-corrected chi connectivity index (χ2v) is 10.5. The number of ether oxygens (including phenoxy) is 2. The third-order valence-electron chi connectivity index (χ3n) is 6.09. The Kier molecular flexibility index (Phi) is 7.33. The van der Waals surface area contributed by atoms with Crippen molar-refractivity contribution < 1.29 is 27.5 Å². The zero-order chi connectivity index (χ0) is 25.0. The zero-order valence-corrected chi connectivity index (χ0v) is 20.5. The summed E-state index contributed by atoms with van der Waals surface area (Å²) in [5.41, 5.74) is 3.74. The molecule has 0 saturated carbocycles. The van der Waals surface area contributed by atoms with Gasteiger partial charge in [-0.25, -0.2) is 13.2 Å². The number of benzene rings is 3. The van der Waals surface area contributed by atoms with Crippen LogP contribution >= 0.6 is 0 Å². The fourth-order valence-electron chi connectivity index (χ4n) is 4.14. The fraction of sp³-hybridized carbons (Fsp3) is 0.259. The number of methoxy groups -OCH3 is 1. The first-order chi connectivity index (χ1) is 16.8. The summed E-state index contributed by atoms with van der Waals surface area (Å²) in [7, 11) is -1.16. The van der Waals surface area contributed by atoms with Crippen LogP contribution in [0.4, 0.5) is 0 Å². The Bertz CT molecular complexity index is 1350. The lowest BCUT2D eigenvalue weighted by atomic mass is 10.0. The van der Waals surface area contributed by atoms with Gasteiger partial charge < -0.3 is 9.47 Å². The maximum Gasteiger partial charge on any atom is 0.338 e. The molecule has 0 saturated heterocycles. The highest BCUT2D eigenvalue weighted by Crippen LogP contribution is 2.29. The van der Waals surface area contributed by atoms with Crippen LogP contribution in [0.25, 0.3) is 0 Å². The molecule has 4 rings (SSSR count). The number of sulfonamides is 1. The molecule has 0 N–H and O–H groups in total.